The van der Waals surface area contributed by atoms with Crippen LogP contribution in [-0.4, -0.2) is 46.1 Å². The third kappa shape index (κ3) is 8.12. The Morgan fingerprint density at radius 3 is 2.30 bits per heavy atom. The van der Waals surface area contributed by atoms with Gasteiger partial charge in [-0.15, -0.1) is 0 Å². The maximum absolute atomic E-state index is 13.8. The second-order valence-electron chi connectivity index (χ2n) is 10.1. The van der Waals surface area contributed by atoms with Gasteiger partial charge in [0, 0.05) is 12.1 Å². The van der Waals surface area contributed by atoms with Gasteiger partial charge in [0.05, 0.1) is 10.7 Å². The highest BCUT2D eigenvalue weighted by Crippen LogP contribution is 2.34. The number of hydrogen-bond donors (Lipinski definition) is 3. The van der Waals surface area contributed by atoms with Gasteiger partial charge in [0.1, 0.15) is 23.4 Å². The summed E-state index contributed by atoms with van der Waals surface area (Å²) in [5, 5.41) is 16.7. The molecule has 0 bridgehead atoms. The van der Waals surface area contributed by atoms with Crippen molar-refractivity contribution in [1.82, 2.24) is 10.2 Å². The standard InChI is InChI=1S/C28H38ClN3O5/c1-8-9-16-32(26(35)19(4)30-27(36)37-28(5,6)7)23(20-14-10-13-18(3)24(20)33)25(34)31-22-17(2)12-11-15-21(22)29/h10-15,19,23,33H,8-9,16H2,1-7H3,(H,30,36)(H,31,34). The molecular formula is C28H38ClN3O5. The third-order valence-electron chi connectivity index (χ3n) is 5.73. The maximum Gasteiger partial charge on any atom is 0.408 e. The van der Waals surface area contributed by atoms with Crippen LogP contribution in [-0.2, 0) is 14.3 Å². The minimum atomic E-state index is -1.18. The summed E-state index contributed by atoms with van der Waals surface area (Å²) >= 11 is 6.36. The SMILES string of the molecule is CCCCN(C(=O)C(C)NC(=O)OC(C)(C)C)C(C(=O)Nc1c(C)cccc1Cl)c1cccc(C)c1O. The normalized spacial score (nSPS) is 12.9. The first-order chi connectivity index (χ1) is 17.3. The number of para-hydroxylation sites is 2. The predicted octanol–water partition coefficient (Wildman–Crippen LogP) is 5.88. The van der Waals surface area contributed by atoms with E-state index in [0.717, 1.165) is 12.0 Å². The Kier molecular flexibility index (Phi) is 10.4. The van der Waals surface area contributed by atoms with Gasteiger partial charge in [0.15, 0.2) is 0 Å². The lowest BCUT2D eigenvalue weighted by Gasteiger charge is -2.34. The second kappa shape index (κ2) is 12.8. The molecule has 0 aliphatic carbocycles. The third-order valence-corrected chi connectivity index (χ3v) is 6.05. The van der Waals surface area contributed by atoms with Crippen LogP contribution >= 0.6 is 11.6 Å². The van der Waals surface area contributed by atoms with E-state index in [1.807, 2.05) is 19.9 Å². The van der Waals surface area contributed by atoms with Crippen molar-refractivity contribution in [2.45, 2.75) is 79.0 Å². The Labute approximate surface area is 224 Å². The predicted molar refractivity (Wildman–Crippen MR) is 146 cm³/mol. The molecule has 37 heavy (non-hydrogen) atoms. The van der Waals surface area contributed by atoms with Crippen LogP contribution in [0.15, 0.2) is 36.4 Å². The fourth-order valence-electron chi connectivity index (χ4n) is 3.82. The lowest BCUT2D eigenvalue weighted by atomic mass is 9.98. The van der Waals surface area contributed by atoms with Crippen molar-refractivity contribution in [2.75, 3.05) is 11.9 Å². The van der Waals surface area contributed by atoms with Gasteiger partial charge >= 0.3 is 6.09 Å². The number of nitrogens with zero attached hydrogens (tertiary/aromatic N) is 1. The fraction of sp³-hybridized carbons (Fsp3) is 0.464. The van der Waals surface area contributed by atoms with Crippen LogP contribution in [0.25, 0.3) is 0 Å². The summed E-state index contributed by atoms with van der Waals surface area (Å²) < 4.78 is 5.30. The van der Waals surface area contributed by atoms with E-state index in [-0.39, 0.29) is 17.9 Å². The fourth-order valence-corrected chi connectivity index (χ4v) is 4.09. The zero-order chi connectivity index (χ0) is 27.9. The van der Waals surface area contributed by atoms with Gasteiger partial charge < -0.3 is 25.4 Å². The van der Waals surface area contributed by atoms with Crippen LogP contribution in [0.2, 0.25) is 5.02 Å². The number of amides is 3. The van der Waals surface area contributed by atoms with Crippen LogP contribution in [0.5, 0.6) is 5.75 Å². The highest BCUT2D eigenvalue weighted by Gasteiger charge is 2.36. The number of nitrogens with one attached hydrogen (secondary N) is 2. The summed E-state index contributed by atoms with van der Waals surface area (Å²) in [6.45, 7) is 12.4. The van der Waals surface area contributed by atoms with Crippen molar-refractivity contribution >= 4 is 35.2 Å². The summed E-state index contributed by atoms with van der Waals surface area (Å²) in [5.41, 5.74) is 1.27. The number of rotatable bonds is 9. The maximum atomic E-state index is 13.8. The number of ether oxygens (including phenoxy) is 1. The van der Waals surface area contributed by atoms with Gasteiger partial charge in [-0.25, -0.2) is 4.79 Å². The van der Waals surface area contributed by atoms with Gasteiger partial charge in [0.2, 0.25) is 5.91 Å². The van der Waals surface area contributed by atoms with Crippen molar-refractivity contribution in [2.24, 2.45) is 0 Å². The monoisotopic (exact) mass is 531 g/mol. The molecule has 0 saturated carbocycles. The number of anilines is 1. The molecule has 9 heteroatoms. The number of carbonyl (C=O) groups excluding carboxylic acids is 3. The Morgan fingerprint density at radius 2 is 1.70 bits per heavy atom. The van der Waals surface area contributed by atoms with E-state index in [2.05, 4.69) is 10.6 Å². The van der Waals surface area contributed by atoms with Crippen LogP contribution in [0.4, 0.5) is 10.5 Å². The molecule has 2 aromatic rings. The number of benzene rings is 2. The van der Waals surface area contributed by atoms with Crippen molar-refractivity contribution in [3.8, 4) is 5.75 Å². The lowest BCUT2D eigenvalue weighted by Crippen LogP contribution is -2.51. The zero-order valence-corrected chi connectivity index (χ0v) is 23.4. The first kappa shape index (κ1) is 30.0. The largest absolute Gasteiger partial charge is 0.507 e. The zero-order valence-electron chi connectivity index (χ0n) is 22.6. The average Bonchev–Trinajstić information content (AvgIpc) is 2.79. The molecule has 0 aliphatic heterocycles. The molecule has 0 heterocycles. The summed E-state index contributed by atoms with van der Waals surface area (Å²) in [6, 6.07) is 8.13. The highest BCUT2D eigenvalue weighted by atomic mass is 35.5. The highest BCUT2D eigenvalue weighted by molar-refractivity contribution is 6.34. The number of halogens is 1. The van der Waals surface area contributed by atoms with Crippen LogP contribution in [0, 0.1) is 13.8 Å². The van der Waals surface area contributed by atoms with E-state index in [9.17, 15) is 19.5 Å². The Hall–Kier alpha value is -3.26. The Balaban J connectivity index is 2.53. The quantitative estimate of drug-likeness (QED) is 0.374. The van der Waals surface area contributed by atoms with Gasteiger partial charge in [-0.05, 0) is 65.2 Å². The molecule has 0 saturated heterocycles. The van der Waals surface area contributed by atoms with Crippen LogP contribution in [0.1, 0.15) is 70.2 Å². The molecule has 202 valence electrons. The van der Waals surface area contributed by atoms with Crippen molar-refractivity contribution in [3.05, 3.63) is 58.1 Å². The van der Waals surface area contributed by atoms with Gasteiger partial charge in [0.25, 0.3) is 5.91 Å². The number of carbonyl (C=O) groups is 3. The molecule has 8 nitrogen and oxygen atoms in total. The molecule has 0 spiro atoms. The summed E-state index contributed by atoms with van der Waals surface area (Å²) in [5.74, 6) is -1.11. The van der Waals surface area contributed by atoms with Gasteiger partial charge in [-0.1, -0.05) is 55.3 Å². The van der Waals surface area contributed by atoms with E-state index in [1.54, 1.807) is 58.0 Å². The summed E-state index contributed by atoms with van der Waals surface area (Å²) in [4.78, 5) is 41.3. The van der Waals surface area contributed by atoms with Crippen LogP contribution in [0.3, 0.4) is 0 Å². The number of phenolic OH excluding ortho intramolecular Hbond substituents is 1. The van der Waals surface area contributed by atoms with E-state index < -0.39 is 35.6 Å². The number of aromatic hydroxyl groups is 1. The number of hydrogen-bond acceptors (Lipinski definition) is 5. The van der Waals surface area contributed by atoms with Crippen LogP contribution < -0.4 is 10.6 Å². The topological polar surface area (TPSA) is 108 Å². The number of phenols is 1. The Morgan fingerprint density at radius 1 is 1.08 bits per heavy atom. The summed E-state index contributed by atoms with van der Waals surface area (Å²) in [6.07, 6.45) is 0.622. The molecular weight excluding hydrogens is 494 g/mol. The van der Waals surface area contributed by atoms with Crippen molar-refractivity contribution < 1.29 is 24.2 Å². The van der Waals surface area contributed by atoms with Crippen molar-refractivity contribution in [1.29, 1.82) is 0 Å². The molecule has 0 radical (unpaired) electrons. The molecule has 2 atom stereocenters. The van der Waals surface area contributed by atoms with E-state index in [4.69, 9.17) is 16.3 Å². The minimum Gasteiger partial charge on any atom is -0.507 e. The van der Waals surface area contributed by atoms with Gasteiger partial charge in [-0.3, -0.25) is 9.59 Å². The number of alkyl carbamates (subject to hydrolysis) is 1. The molecule has 2 aromatic carbocycles. The van der Waals surface area contributed by atoms with Gasteiger partial charge in [-0.2, -0.15) is 0 Å². The first-order valence-electron chi connectivity index (χ1n) is 12.4. The molecule has 3 amide bonds. The average molecular weight is 532 g/mol. The van der Waals surface area contributed by atoms with E-state index in [1.165, 1.54) is 11.8 Å². The molecule has 0 aromatic heterocycles. The number of aryl methyl sites for hydroxylation is 2. The molecule has 2 rings (SSSR count). The Bertz CT molecular complexity index is 1110. The summed E-state index contributed by atoms with van der Waals surface area (Å²) in [7, 11) is 0. The van der Waals surface area contributed by atoms with E-state index >= 15 is 0 Å². The minimum absolute atomic E-state index is 0.0828. The second-order valence-corrected chi connectivity index (χ2v) is 10.5. The van der Waals surface area contributed by atoms with E-state index in [0.29, 0.717) is 22.7 Å². The first-order valence-corrected chi connectivity index (χ1v) is 12.8. The lowest BCUT2D eigenvalue weighted by molar-refractivity contribution is -0.140. The molecule has 0 fully saturated rings. The number of unbranched alkanes of at least 4 members (excludes halogenated alkanes) is 1. The molecule has 3 N–H and O–H groups in total. The smallest absolute Gasteiger partial charge is 0.408 e. The molecule has 2 unspecified atom stereocenters. The van der Waals surface area contributed by atoms with Crippen molar-refractivity contribution in [3.63, 3.8) is 0 Å². The molecule has 0 aliphatic rings.